The summed E-state index contributed by atoms with van der Waals surface area (Å²) in [5.74, 6) is -2.78. The van der Waals surface area contributed by atoms with Crippen LogP contribution in [0.15, 0.2) is 0 Å². The van der Waals surface area contributed by atoms with Crippen molar-refractivity contribution in [1.82, 2.24) is 0 Å². The summed E-state index contributed by atoms with van der Waals surface area (Å²) >= 11 is 0. The molecule has 3 N–H and O–H groups in total. The van der Waals surface area contributed by atoms with E-state index >= 15 is 0 Å². The van der Waals surface area contributed by atoms with Crippen LogP contribution < -0.4 is 5.73 Å². The Morgan fingerprint density at radius 3 is 2.31 bits per heavy atom. The van der Waals surface area contributed by atoms with E-state index in [-0.39, 0.29) is 12.3 Å². The zero-order chi connectivity index (χ0) is 10.4. The average Bonchev–Trinajstić information content (AvgIpc) is 2.04. The number of nitrogens with one attached hydrogen (secondary N) is 1. The maximum atomic E-state index is 11.1. The summed E-state index contributed by atoms with van der Waals surface area (Å²) in [6.07, 6.45) is 0.312. The van der Waals surface area contributed by atoms with Gasteiger partial charge in [-0.1, -0.05) is 6.92 Å². The molecule has 74 valence electrons. The molecule has 0 rings (SSSR count). The highest BCUT2D eigenvalue weighted by Gasteiger charge is 2.29. The van der Waals surface area contributed by atoms with E-state index in [0.29, 0.717) is 6.42 Å². The third kappa shape index (κ3) is 3.23. The van der Waals surface area contributed by atoms with Crippen molar-refractivity contribution in [3.8, 4) is 0 Å². The second kappa shape index (κ2) is 5.29. The highest BCUT2D eigenvalue weighted by Crippen LogP contribution is 2.04. The number of ether oxygens (including phenoxy) is 1. The van der Waals surface area contributed by atoms with Crippen molar-refractivity contribution in [2.24, 2.45) is 11.7 Å². The van der Waals surface area contributed by atoms with Crippen LogP contribution in [0.5, 0.6) is 0 Å². The summed E-state index contributed by atoms with van der Waals surface area (Å²) < 4.78 is 4.61. The number of nitrogens with two attached hydrogens (primary N) is 1. The maximum Gasteiger partial charge on any atom is 0.324 e. The van der Waals surface area contributed by atoms with E-state index in [4.69, 9.17) is 11.1 Å². The third-order valence-electron chi connectivity index (χ3n) is 1.54. The normalized spacial score (nSPS) is 11.8. The Morgan fingerprint density at radius 1 is 1.46 bits per heavy atom. The van der Waals surface area contributed by atoms with Crippen molar-refractivity contribution in [1.29, 1.82) is 5.41 Å². The van der Waals surface area contributed by atoms with Crippen LogP contribution in [0.1, 0.15) is 20.3 Å². The first-order valence-corrected chi connectivity index (χ1v) is 4.07. The lowest BCUT2D eigenvalue weighted by atomic mass is 10.0. The molecule has 1 amide bonds. The summed E-state index contributed by atoms with van der Waals surface area (Å²) in [6, 6.07) is 0. The standard InChI is InChI=1S/C8H14N2O3/c1-3-5(9)6(7(10)11)8(12)13-4-2/h6,9H,3-4H2,1-2H3,(H2,10,11). The Hall–Kier alpha value is -1.39. The number of esters is 1. The smallest absolute Gasteiger partial charge is 0.324 e. The Morgan fingerprint density at radius 2 is 2.00 bits per heavy atom. The van der Waals surface area contributed by atoms with Gasteiger partial charge in [0.25, 0.3) is 0 Å². The van der Waals surface area contributed by atoms with E-state index in [0.717, 1.165) is 0 Å². The topological polar surface area (TPSA) is 93.2 Å². The second-order valence-electron chi connectivity index (χ2n) is 2.47. The minimum atomic E-state index is -1.22. The lowest BCUT2D eigenvalue weighted by Crippen LogP contribution is -2.37. The van der Waals surface area contributed by atoms with Gasteiger partial charge >= 0.3 is 5.97 Å². The molecule has 0 radical (unpaired) electrons. The van der Waals surface area contributed by atoms with Crippen molar-refractivity contribution in [3.05, 3.63) is 0 Å². The van der Waals surface area contributed by atoms with Crippen molar-refractivity contribution in [2.75, 3.05) is 6.61 Å². The van der Waals surface area contributed by atoms with E-state index < -0.39 is 17.8 Å². The summed E-state index contributed by atoms with van der Waals surface area (Å²) in [5.41, 5.74) is 4.96. The van der Waals surface area contributed by atoms with Gasteiger partial charge in [-0.25, -0.2) is 0 Å². The number of hydrogen-bond donors (Lipinski definition) is 2. The second-order valence-corrected chi connectivity index (χ2v) is 2.47. The first-order chi connectivity index (χ1) is 6.04. The van der Waals surface area contributed by atoms with E-state index in [1.165, 1.54) is 0 Å². The summed E-state index contributed by atoms with van der Waals surface area (Å²) in [4.78, 5) is 21.9. The predicted molar refractivity (Wildman–Crippen MR) is 47.3 cm³/mol. The zero-order valence-electron chi connectivity index (χ0n) is 7.79. The molecule has 0 aromatic rings. The first-order valence-electron chi connectivity index (χ1n) is 4.07. The molecule has 0 aromatic heterocycles. The van der Waals surface area contributed by atoms with Crippen molar-refractivity contribution in [2.45, 2.75) is 20.3 Å². The van der Waals surface area contributed by atoms with Crippen molar-refractivity contribution < 1.29 is 14.3 Å². The van der Waals surface area contributed by atoms with Crippen LogP contribution in [-0.2, 0) is 14.3 Å². The summed E-state index contributed by atoms with van der Waals surface area (Å²) in [7, 11) is 0. The van der Waals surface area contributed by atoms with E-state index in [1.54, 1.807) is 13.8 Å². The molecule has 0 heterocycles. The highest BCUT2D eigenvalue weighted by molar-refractivity contribution is 6.16. The number of carbonyl (C=O) groups is 2. The van der Waals surface area contributed by atoms with Crippen LogP contribution in [0, 0.1) is 11.3 Å². The largest absolute Gasteiger partial charge is 0.465 e. The van der Waals surface area contributed by atoms with Crippen LogP contribution in [0.4, 0.5) is 0 Å². The van der Waals surface area contributed by atoms with Crippen LogP contribution in [0.3, 0.4) is 0 Å². The number of hydrogen-bond acceptors (Lipinski definition) is 4. The third-order valence-corrected chi connectivity index (χ3v) is 1.54. The summed E-state index contributed by atoms with van der Waals surface area (Å²) in [6.45, 7) is 3.49. The van der Waals surface area contributed by atoms with Crippen LogP contribution in [0.2, 0.25) is 0 Å². The fourth-order valence-corrected chi connectivity index (χ4v) is 0.860. The molecule has 0 saturated heterocycles. The highest BCUT2D eigenvalue weighted by atomic mass is 16.5. The fraction of sp³-hybridized carbons (Fsp3) is 0.625. The zero-order valence-corrected chi connectivity index (χ0v) is 7.79. The minimum absolute atomic E-state index is 0.00838. The van der Waals surface area contributed by atoms with E-state index in [1.807, 2.05) is 0 Å². The number of primary amides is 1. The molecule has 1 atom stereocenters. The maximum absolute atomic E-state index is 11.1. The molecule has 13 heavy (non-hydrogen) atoms. The molecule has 0 fully saturated rings. The molecule has 0 spiro atoms. The number of rotatable bonds is 5. The first kappa shape index (κ1) is 11.6. The Balaban J connectivity index is 4.51. The SMILES string of the molecule is CCOC(=O)C(C(=N)CC)C(N)=O. The number of carbonyl (C=O) groups excluding carboxylic acids is 2. The molecule has 5 heteroatoms. The van der Waals surface area contributed by atoms with Crippen LogP contribution in [0.25, 0.3) is 0 Å². The van der Waals surface area contributed by atoms with Gasteiger partial charge < -0.3 is 15.9 Å². The Kier molecular flexibility index (Phi) is 4.72. The molecule has 0 aliphatic carbocycles. The lowest BCUT2D eigenvalue weighted by Gasteiger charge is -2.11. The number of amides is 1. The van der Waals surface area contributed by atoms with Crippen molar-refractivity contribution in [3.63, 3.8) is 0 Å². The van der Waals surface area contributed by atoms with Gasteiger partial charge in [0, 0.05) is 5.71 Å². The Bertz CT molecular complexity index is 225. The molecule has 5 nitrogen and oxygen atoms in total. The molecular weight excluding hydrogens is 172 g/mol. The predicted octanol–water partition coefficient (Wildman–Crippen LogP) is 0.0808. The summed E-state index contributed by atoms with van der Waals surface area (Å²) in [5, 5.41) is 7.33. The molecule has 0 aliphatic rings. The molecular formula is C8H14N2O3. The van der Waals surface area contributed by atoms with Crippen LogP contribution in [-0.4, -0.2) is 24.2 Å². The van der Waals surface area contributed by atoms with E-state index in [9.17, 15) is 9.59 Å². The van der Waals surface area contributed by atoms with Crippen molar-refractivity contribution >= 4 is 17.6 Å². The van der Waals surface area contributed by atoms with Gasteiger partial charge in [0.1, 0.15) is 0 Å². The molecule has 0 saturated carbocycles. The molecule has 1 unspecified atom stereocenters. The molecule has 0 aliphatic heterocycles. The van der Waals surface area contributed by atoms with Gasteiger partial charge in [0.2, 0.25) is 5.91 Å². The van der Waals surface area contributed by atoms with Gasteiger partial charge in [-0.2, -0.15) is 0 Å². The minimum Gasteiger partial charge on any atom is -0.465 e. The Labute approximate surface area is 76.8 Å². The van der Waals surface area contributed by atoms with Gasteiger partial charge in [-0.3, -0.25) is 9.59 Å². The van der Waals surface area contributed by atoms with Gasteiger partial charge in [-0.15, -0.1) is 0 Å². The monoisotopic (exact) mass is 186 g/mol. The molecule has 0 bridgehead atoms. The lowest BCUT2D eigenvalue weighted by molar-refractivity contribution is -0.148. The quantitative estimate of drug-likeness (QED) is 0.361. The van der Waals surface area contributed by atoms with E-state index in [2.05, 4.69) is 4.74 Å². The fourth-order valence-electron chi connectivity index (χ4n) is 0.860. The van der Waals surface area contributed by atoms with Gasteiger partial charge in [0.05, 0.1) is 6.61 Å². The average molecular weight is 186 g/mol. The van der Waals surface area contributed by atoms with Gasteiger partial charge in [0.15, 0.2) is 5.92 Å². The van der Waals surface area contributed by atoms with Gasteiger partial charge in [-0.05, 0) is 13.3 Å². The molecule has 0 aromatic carbocycles. The van der Waals surface area contributed by atoms with Crippen LogP contribution >= 0.6 is 0 Å².